The number of halogens is 4. The van der Waals surface area contributed by atoms with E-state index in [1.54, 1.807) is 0 Å². The number of hydrogen-bond donors (Lipinski definition) is 1. The molecule has 1 N–H and O–H groups in total. The number of nitrogens with one attached hydrogen (secondary N) is 1. The molecule has 1 heterocycles. The molecule has 1 aromatic rings. The van der Waals surface area contributed by atoms with Crippen LogP contribution in [0.4, 0.5) is 18.9 Å². The highest BCUT2D eigenvalue weighted by atomic mass is 35.5. The van der Waals surface area contributed by atoms with Crippen molar-refractivity contribution in [2.45, 2.75) is 12.7 Å². The number of carbonyl (C=O) groups excluding carboxylic acids is 1. The number of carbonyl (C=O) groups is 1. The first-order valence-corrected chi connectivity index (χ1v) is 4.99. The summed E-state index contributed by atoms with van der Waals surface area (Å²) in [5.41, 5.74) is -1.16. The Hall–Kier alpha value is -1.50. The van der Waals surface area contributed by atoms with Crippen molar-refractivity contribution in [2.24, 2.45) is 0 Å². The fourth-order valence-corrected chi connectivity index (χ4v) is 1.20. The summed E-state index contributed by atoms with van der Waals surface area (Å²) in [6, 6.07) is 2.44. The van der Waals surface area contributed by atoms with Crippen LogP contribution in [-0.2, 0) is 11.3 Å². The smallest absolute Gasteiger partial charge is 0.320 e. The second kappa shape index (κ2) is 5.22. The van der Waals surface area contributed by atoms with Crippen LogP contribution in [0.2, 0.25) is 0 Å². The summed E-state index contributed by atoms with van der Waals surface area (Å²) in [4.78, 5) is 22.4. The van der Waals surface area contributed by atoms with Crippen LogP contribution in [0, 0.1) is 0 Å². The normalized spacial score (nSPS) is 11.3. The van der Waals surface area contributed by atoms with Gasteiger partial charge in [-0.25, -0.2) is 0 Å². The zero-order valence-corrected chi connectivity index (χ0v) is 9.18. The van der Waals surface area contributed by atoms with Gasteiger partial charge in [-0.3, -0.25) is 9.59 Å². The van der Waals surface area contributed by atoms with E-state index in [0.717, 1.165) is 6.20 Å². The summed E-state index contributed by atoms with van der Waals surface area (Å²) in [5, 5.41) is 2.11. The molecule has 0 radical (unpaired) electrons. The Morgan fingerprint density at radius 1 is 1.47 bits per heavy atom. The number of nitrogens with zero attached hydrogens (tertiary/aromatic N) is 1. The second-order valence-corrected chi connectivity index (χ2v) is 3.42. The summed E-state index contributed by atoms with van der Waals surface area (Å²) in [5.74, 6) is -1.04. The number of pyridine rings is 1. The van der Waals surface area contributed by atoms with Gasteiger partial charge in [0.2, 0.25) is 5.91 Å². The summed E-state index contributed by atoms with van der Waals surface area (Å²) >= 11 is 5.20. The molecule has 0 saturated heterocycles. The summed E-state index contributed by atoms with van der Waals surface area (Å²) in [6.45, 7) is -1.41. The highest BCUT2D eigenvalue weighted by Gasteiger charge is 2.28. The van der Waals surface area contributed by atoms with Gasteiger partial charge >= 0.3 is 6.18 Å². The number of alkyl halides is 4. The number of hydrogen-bond acceptors (Lipinski definition) is 2. The van der Waals surface area contributed by atoms with Gasteiger partial charge in [-0.2, -0.15) is 13.2 Å². The molecule has 94 valence electrons. The molecule has 0 aliphatic rings. The molecule has 4 nitrogen and oxygen atoms in total. The van der Waals surface area contributed by atoms with E-state index >= 15 is 0 Å². The molecule has 0 saturated carbocycles. The predicted octanol–water partition coefficient (Wildman–Crippen LogP) is 1.59. The van der Waals surface area contributed by atoms with E-state index < -0.39 is 24.2 Å². The predicted molar refractivity (Wildman–Crippen MR) is 56.1 cm³/mol. The first-order chi connectivity index (χ1) is 7.83. The Kier molecular flexibility index (Phi) is 4.17. The van der Waals surface area contributed by atoms with Crippen LogP contribution in [0.5, 0.6) is 0 Å². The van der Waals surface area contributed by atoms with E-state index in [-0.39, 0.29) is 11.6 Å². The molecule has 0 unspecified atom stereocenters. The minimum Gasteiger partial charge on any atom is -0.320 e. The lowest BCUT2D eigenvalue weighted by atomic mass is 10.4. The number of anilines is 1. The quantitative estimate of drug-likeness (QED) is 0.847. The zero-order chi connectivity index (χ0) is 13.1. The van der Waals surface area contributed by atoms with Gasteiger partial charge in [0.05, 0.1) is 0 Å². The maximum atomic E-state index is 12.1. The largest absolute Gasteiger partial charge is 0.406 e. The third-order valence-corrected chi connectivity index (χ3v) is 2.01. The molecule has 1 aromatic heterocycles. The third kappa shape index (κ3) is 4.10. The second-order valence-electron chi connectivity index (χ2n) is 3.15. The lowest BCUT2D eigenvalue weighted by molar-refractivity contribution is -0.141. The number of rotatable bonds is 3. The summed E-state index contributed by atoms with van der Waals surface area (Å²) < 4.78 is 36.8. The molecule has 0 bridgehead atoms. The summed E-state index contributed by atoms with van der Waals surface area (Å²) in [6.07, 6.45) is -3.51. The lowest BCUT2D eigenvalue weighted by Crippen LogP contribution is -2.30. The zero-order valence-electron chi connectivity index (χ0n) is 8.42. The van der Waals surface area contributed by atoms with E-state index in [1.807, 2.05) is 0 Å². The van der Waals surface area contributed by atoms with Crippen LogP contribution in [0.1, 0.15) is 0 Å². The van der Waals surface area contributed by atoms with Gasteiger partial charge in [0.15, 0.2) is 0 Å². The van der Waals surface area contributed by atoms with E-state index in [9.17, 15) is 22.8 Å². The van der Waals surface area contributed by atoms with E-state index in [0.29, 0.717) is 4.57 Å². The van der Waals surface area contributed by atoms with Crippen molar-refractivity contribution >= 4 is 23.2 Å². The van der Waals surface area contributed by atoms with E-state index in [2.05, 4.69) is 5.32 Å². The number of amides is 1. The highest BCUT2D eigenvalue weighted by Crippen LogP contribution is 2.16. The summed E-state index contributed by atoms with van der Waals surface area (Å²) in [7, 11) is 0. The topological polar surface area (TPSA) is 51.1 Å². The molecular weight excluding hydrogens is 261 g/mol. The van der Waals surface area contributed by atoms with Crippen molar-refractivity contribution in [2.75, 3.05) is 11.2 Å². The van der Waals surface area contributed by atoms with E-state index in [4.69, 9.17) is 11.6 Å². The van der Waals surface area contributed by atoms with Gasteiger partial charge in [-0.1, -0.05) is 0 Å². The van der Waals surface area contributed by atoms with Crippen LogP contribution < -0.4 is 10.9 Å². The molecule has 0 aromatic carbocycles. The maximum absolute atomic E-state index is 12.1. The standard InChI is InChI=1S/C9H8ClF3N2O2/c10-4-7(16)14-6-2-1-3-15(8(6)17)5-9(11,12)13/h1-3H,4-5H2,(H,14,16). The molecule has 8 heteroatoms. The van der Waals surface area contributed by atoms with Gasteiger partial charge in [-0.15, -0.1) is 11.6 Å². The maximum Gasteiger partial charge on any atom is 0.406 e. The van der Waals surface area contributed by atoms with Crippen LogP contribution in [-0.4, -0.2) is 22.5 Å². The molecule has 17 heavy (non-hydrogen) atoms. The van der Waals surface area contributed by atoms with Crippen molar-refractivity contribution in [3.05, 3.63) is 28.7 Å². The van der Waals surface area contributed by atoms with Crippen molar-refractivity contribution in [1.82, 2.24) is 4.57 Å². The Morgan fingerprint density at radius 3 is 2.65 bits per heavy atom. The van der Waals surface area contributed by atoms with Crippen molar-refractivity contribution in [3.63, 3.8) is 0 Å². The van der Waals surface area contributed by atoms with Crippen molar-refractivity contribution < 1.29 is 18.0 Å². The molecule has 0 aliphatic heterocycles. The minimum atomic E-state index is -4.50. The Morgan fingerprint density at radius 2 is 2.12 bits per heavy atom. The highest BCUT2D eigenvalue weighted by molar-refractivity contribution is 6.29. The van der Waals surface area contributed by atoms with Gasteiger partial charge < -0.3 is 9.88 Å². The van der Waals surface area contributed by atoms with Crippen LogP contribution in [0.15, 0.2) is 23.1 Å². The number of aromatic nitrogens is 1. The first-order valence-electron chi connectivity index (χ1n) is 4.45. The average Bonchev–Trinajstić information content (AvgIpc) is 2.22. The molecule has 0 fully saturated rings. The molecule has 0 atom stereocenters. The van der Waals surface area contributed by atoms with Gasteiger partial charge in [-0.05, 0) is 12.1 Å². The molecule has 1 rings (SSSR count). The van der Waals surface area contributed by atoms with E-state index in [1.165, 1.54) is 12.1 Å². The molecule has 0 spiro atoms. The third-order valence-electron chi connectivity index (χ3n) is 1.77. The minimum absolute atomic E-state index is 0.234. The van der Waals surface area contributed by atoms with Gasteiger partial charge in [0.1, 0.15) is 18.1 Å². The molecular formula is C9H8ClF3N2O2. The molecule has 1 amide bonds. The SMILES string of the molecule is O=C(CCl)Nc1cccn(CC(F)(F)F)c1=O. The van der Waals surface area contributed by atoms with Crippen molar-refractivity contribution in [1.29, 1.82) is 0 Å². The van der Waals surface area contributed by atoms with Crippen LogP contribution in [0.3, 0.4) is 0 Å². The Bertz CT molecular complexity index is 470. The van der Waals surface area contributed by atoms with Crippen LogP contribution >= 0.6 is 11.6 Å². The fraction of sp³-hybridized carbons (Fsp3) is 0.333. The van der Waals surface area contributed by atoms with Crippen molar-refractivity contribution in [3.8, 4) is 0 Å². The Labute approximate surface area is 99.0 Å². The Balaban J connectivity index is 3.00. The average molecular weight is 269 g/mol. The fourth-order valence-electron chi connectivity index (χ4n) is 1.13. The lowest BCUT2D eigenvalue weighted by Gasteiger charge is -2.10. The van der Waals surface area contributed by atoms with Crippen LogP contribution in [0.25, 0.3) is 0 Å². The molecule has 0 aliphatic carbocycles. The first kappa shape index (κ1) is 13.6. The van der Waals surface area contributed by atoms with Gasteiger partial charge in [0, 0.05) is 6.20 Å². The monoisotopic (exact) mass is 268 g/mol. The van der Waals surface area contributed by atoms with Gasteiger partial charge in [0.25, 0.3) is 5.56 Å².